The van der Waals surface area contributed by atoms with Crippen molar-refractivity contribution < 1.29 is 14.3 Å². The van der Waals surface area contributed by atoms with Crippen molar-refractivity contribution in [1.29, 1.82) is 0 Å². The third-order valence-corrected chi connectivity index (χ3v) is 6.14. The number of benzene rings is 1. The average molecular weight is 355 g/mol. The first-order valence-electron chi connectivity index (χ1n) is 9.45. The minimum absolute atomic E-state index is 0.125. The summed E-state index contributed by atoms with van der Waals surface area (Å²) in [7, 11) is 0. The van der Waals surface area contributed by atoms with Gasteiger partial charge in [-0.3, -0.25) is 9.89 Å². The van der Waals surface area contributed by atoms with Crippen LogP contribution in [0.2, 0.25) is 0 Å². The van der Waals surface area contributed by atoms with Crippen molar-refractivity contribution >= 4 is 22.8 Å². The zero-order chi connectivity index (χ0) is 18.3. The van der Waals surface area contributed by atoms with E-state index in [-0.39, 0.29) is 11.9 Å². The highest BCUT2D eigenvalue weighted by Gasteiger charge is 2.42. The minimum Gasteiger partial charge on any atom is -0.449 e. The van der Waals surface area contributed by atoms with Crippen LogP contribution in [0, 0.1) is 17.8 Å². The van der Waals surface area contributed by atoms with Crippen molar-refractivity contribution in [2.45, 2.75) is 51.7 Å². The van der Waals surface area contributed by atoms with Gasteiger partial charge in [0, 0.05) is 11.4 Å². The van der Waals surface area contributed by atoms with Gasteiger partial charge in [-0.25, -0.2) is 4.79 Å². The van der Waals surface area contributed by atoms with E-state index in [9.17, 15) is 9.59 Å². The van der Waals surface area contributed by atoms with E-state index in [2.05, 4.69) is 22.4 Å². The number of nitrogens with zero attached hydrogens (tertiary/aromatic N) is 1. The molecule has 26 heavy (non-hydrogen) atoms. The molecule has 0 unspecified atom stereocenters. The molecule has 1 aromatic carbocycles. The highest BCUT2D eigenvalue weighted by atomic mass is 16.5. The Bertz CT molecular complexity index is 831. The second-order valence-electron chi connectivity index (χ2n) is 7.86. The first-order valence-corrected chi connectivity index (χ1v) is 9.45. The van der Waals surface area contributed by atoms with Crippen molar-refractivity contribution in [3.63, 3.8) is 0 Å². The molecule has 2 aromatic rings. The summed E-state index contributed by atoms with van der Waals surface area (Å²) in [6.45, 7) is 3.69. The molecule has 5 atom stereocenters. The molecule has 2 bridgehead atoms. The van der Waals surface area contributed by atoms with Gasteiger partial charge in [0.2, 0.25) is 0 Å². The van der Waals surface area contributed by atoms with E-state index < -0.39 is 12.1 Å². The number of carbonyl (C=O) groups is 2. The largest absolute Gasteiger partial charge is 0.449 e. The number of H-pyrrole nitrogens is 1. The molecular formula is C20H25N3O3. The smallest absolute Gasteiger partial charge is 0.338 e. The molecule has 2 fully saturated rings. The van der Waals surface area contributed by atoms with Crippen LogP contribution in [0.5, 0.6) is 0 Å². The number of aromatic amines is 1. The molecule has 0 aliphatic heterocycles. The monoisotopic (exact) mass is 355 g/mol. The molecule has 4 rings (SSSR count). The van der Waals surface area contributed by atoms with Crippen molar-refractivity contribution in [2.24, 2.45) is 17.8 Å². The summed E-state index contributed by atoms with van der Waals surface area (Å²) >= 11 is 0. The lowest BCUT2D eigenvalue weighted by molar-refractivity contribution is -0.130. The van der Waals surface area contributed by atoms with Gasteiger partial charge in [-0.2, -0.15) is 5.10 Å². The fourth-order valence-electron chi connectivity index (χ4n) is 4.70. The van der Waals surface area contributed by atoms with Crippen LogP contribution >= 0.6 is 0 Å². The summed E-state index contributed by atoms with van der Waals surface area (Å²) in [6, 6.07) is 5.30. The van der Waals surface area contributed by atoms with Crippen LogP contribution in [0.1, 0.15) is 49.9 Å². The number of hydrogen-bond donors (Lipinski definition) is 2. The summed E-state index contributed by atoms with van der Waals surface area (Å²) in [5.41, 5.74) is 1.17. The predicted octanol–water partition coefficient (Wildman–Crippen LogP) is 3.05. The fraction of sp³-hybridized carbons (Fsp3) is 0.550. The zero-order valence-electron chi connectivity index (χ0n) is 15.2. The SMILES string of the molecule is C[C@H](OC(=O)c1ccc2cn[nH]c2c1)C(=O)N[C@H](C)[C@H]1C[C@H]2CC[C@H]1C2. The van der Waals surface area contributed by atoms with Gasteiger partial charge in [-0.1, -0.05) is 12.5 Å². The Hall–Kier alpha value is -2.37. The molecule has 6 nitrogen and oxygen atoms in total. The lowest BCUT2D eigenvalue weighted by Crippen LogP contribution is -2.45. The molecule has 1 amide bonds. The lowest BCUT2D eigenvalue weighted by atomic mass is 9.84. The van der Waals surface area contributed by atoms with Crippen molar-refractivity contribution in [2.75, 3.05) is 0 Å². The zero-order valence-corrected chi connectivity index (χ0v) is 15.2. The quantitative estimate of drug-likeness (QED) is 0.808. The van der Waals surface area contributed by atoms with Gasteiger partial charge in [0.25, 0.3) is 5.91 Å². The van der Waals surface area contributed by atoms with Gasteiger partial charge in [0.15, 0.2) is 6.10 Å². The van der Waals surface area contributed by atoms with Gasteiger partial charge in [-0.15, -0.1) is 0 Å². The van der Waals surface area contributed by atoms with Crippen molar-refractivity contribution in [3.8, 4) is 0 Å². The average Bonchev–Trinajstić information content (AvgIpc) is 3.36. The highest BCUT2D eigenvalue weighted by Crippen LogP contribution is 2.49. The van der Waals surface area contributed by atoms with E-state index in [1.54, 1.807) is 31.3 Å². The number of hydrogen-bond acceptors (Lipinski definition) is 4. The Balaban J connectivity index is 1.33. The standard InChI is InChI=1S/C20H25N3O3/c1-11(17-8-13-3-4-14(17)7-13)22-19(24)12(2)26-20(25)15-5-6-16-10-21-23-18(16)9-15/h5-6,9-14,17H,3-4,7-8H2,1-2H3,(H,21,23)(H,22,24)/t11-,12+,13+,14+,17-/m1/s1. The first kappa shape index (κ1) is 17.1. The van der Waals surface area contributed by atoms with Crippen molar-refractivity contribution in [1.82, 2.24) is 15.5 Å². The second kappa shape index (κ2) is 6.74. The van der Waals surface area contributed by atoms with Gasteiger partial charge < -0.3 is 10.1 Å². The summed E-state index contributed by atoms with van der Waals surface area (Å²) < 4.78 is 5.36. The third-order valence-electron chi connectivity index (χ3n) is 6.14. The van der Waals surface area contributed by atoms with E-state index in [0.717, 1.165) is 22.7 Å². The Morgan fingerprint density at radius 3 is 2.85 bits per heavy atom. The number of amides is 1. The molecular weight excluding hydrogens is 330 g/mol. The minimum atomic E-state index is -0.819. The molecule has 0 saturated heterocycles. The number of aromatic nitrogens is 2. The molecule has 1 aromatic heterocycles. The number of rotatable bonds is 5. The number of fused-ring (bicyclic) bond motifs is 3. The molecule has 6 heteroatoms. The summed E-state index contributed by atoms with van der Waals surface area (Å²) in [6.07, 6.45) is 6.03. The Morgan fingerprint density at radius 2 is 2.12 bits per heavy atom. The number of esters is 1. The van der Waals surface area contributed by atoms with Crippen LogP contribution in [0.4, 0.5) is 0 Å². The molecule has 138 valence electrons. The molecule has 2 N–H and O–H groups in total. The summed E-state index contributed by atoms with van der Waals surface area (Å²) in [5, 5.41) is 10.7. The van der Waals surface area contributed by atoms with Crippen LogP contribution in [0.15, 0.2) is 24.4 Å². The third kappa shape index (κ3) is 3.20. The van der Waals surface area contributed by atoms with E-state index in [0.29, 0.717) is 11.5 Å². The number of ether oxygens (including phenoxy) is 1. The van der Waals surface area contributed by atoms with Gasteiger partial charge in [0.05, 0.1) is 17.3 Å². The highest BCUT2D eigenvalue weighted by molar-refractivity contribution is 5.95. The normalized spacial score (nSPS) is 26.6. The fourth-order valence-corrected chi connectivity index (χ4v) is 4.70. The summed E-state index contributed by atoms with van der Waals surface area (Å²) in [5.74, 6) is 1.42. The Morgan fingerprint density at radius 1 is 1.27 bits per heavy atom. The Kier molecular flexibility index (Phi) is 4.42. The molecule has 0 spiro atoms. The van der Waals surface area contributed by atoms with E-state index in [1.807, 2.05) is 0 Å². The predicted molar refractivity (Wildman–Crippen MR) is 97.5 cm³/mol. The molecule has 2 aliphatic rings. The Labute approximate surface area is 152 Å². The van der Waals surface area contributed by atoms with Gasteiger partial charge in [0.1, 0.15) is 0 Å². The van der Waals surface area contributed by atoms with Crippen LogP contribution in [0.25, 0.3) is 10.9 Å². The molecule has 2 aliphatic carbocycles. The van der Waals surface area contributed by atoms with E-state index >= 15 is 0 Å². The van der Waals surface area contributed by atoms with E-state index in [1.165, 1.54) is 25.7 Å². The van der Waals surface area contributed by atoms with Crippen molar-refractivity contribution in [3.05, 3.63) is 30.0 Å². The van der Waals surface area contributed by atoms with Crippen LogP contribution < -0.4 is 5.32 Å². The second-order valence-corrected chi connectivity index (χ2v) is 7.86. The van der Waals surface area contributed by atoms with Crippen LogP contribution in [0.3, 0.4) is 0 Å². The van der Waals surface area contributed by atoms with Gasteiger partial charge in [-0.05, 0) is 63.0 Å². The maximum atomic E-state index is 12.4. The first-order chi connectivity index (χ1) is 12.5. The molecule has 1 heterocycles. The molecule has 0 radical (unpaired) electrons. The summed E-state index contributed by atoms with van der Waals surface area (Å²) in [4.78, 5) is 24.8. The van der Waals surface area contributed by atoms with Crippen LogP contribution in [-0.4, -0.2) is 34.2 Å². The van der Waals surface area contributed by atoms with Crippen LogP contribution in [-0.2, 0) is 9.53 Å². The maximum absolute atomic E-state index is 12.4. The van der Waals surface area contributed by atoms with E-state index in [4.69, 9.17) is 4.74 Å². The molecule has 2 saturated carbocycles. The number of nitrogens with one attached hydrogen (secondary N) is 2. The maximum Gasteiger partial charge on any atom is 0.338 e. The number of carbonyl (C=O) groups excluding carboxylic acids is 2. The lowest BCUT2D eigenvalue weighted by Gasteiger charge is -2.29. The van der Waals surface area contributed by atoms with Gasteiger partial charge >= 0.3 is 5.97 Å². The topological polar surface area (TPSA) is 84.1 Å².